The number of piperidine rings is 1. The first-order valence-corrected chi connectivity index (χ1v) is 10.8. The van der Waals surface area contributed by atoms with Crippen LogP contribution in [0.5, 0.6) is 0 Å². The van der Waals surface area contributed by atoms with Gasteiger partial charge in [0.1, 0.15) is 5.82 Å². The van der Waals surface area contributed by atoms with E-state index >= 15 is 0 Å². The number of carbonyl (C=O) groups is 1. The maximum Gasteiger partial charge on any atom is 0.223 e. The zero-order chi connectivity index (χ0) is 20.9. The van der Waals surface area contributed by atoms with Crippen LogP contribution < -0.4 is 5.32 Å². The number of nitrogens with zero attached hydrogens (tertiary/aromatic N) is 1. The largest absolute Gasteiger partial charge is 0.349 e. The summed E-state index contributed by atoms with van der Waals surface area (Å²) in [5.41, 5.74) is 2.32. The number of nitrogens with one attached hydrogen (secondary N) is 1. The molecule has 30 heavy (non-hydrogen) atoms. The maximum absolute atomic E-state index is 13.0. The predicted octanol–water partition coefficient (Wildman–Crippen LogP) is 5.11. The predicted molar refractivity (Wildman–Crippen MR) is 120 cm³/mol. The van der Waals surface area contributed by atoms with E-state index in [1.165, 1.54) is 22.9 Å². The Morgan fingerprint density at radius 3 is 2.50 bits per heavy atom. The minimum atomic E-state index is -0.191. The van der Waals surface area contributed by atoms with E-state index in [1.54, 1.807) is 0 Å². The topological polar surface area (TPSA) is 32.3 Å². The molecular formula is C26H29FN2O. The summed E-state index contributed by atoms with van der Waals surface area (Å²) in [5.74, 6) is 0.0430. The number of carbonyl (C=O) groups excluding carboxylic acids is 1. The average molecular weight is 405 g/mol. The Morgan fingerprint density at radius 2 is 1.73 bits per heavy atom. The van der Waals surface area contributed by atoms with Gasteiger partial charge in [-0.15, -0.1) is 0 Å². The molecular weight excluding hydrogens is 375 g/mol. The summed E-state index contributed by atoms with van der Waals surface area (Å²) in [7, 11) is 0. The zero-order valence-corrected chi connectivity index (χ0v) is 17.5. The van der Waals surface area contributed by atoms with Crippen molar-refractivity contribution >= 4 is 16.7 Å². The van der Waals surface area contributed by atoms with Crippen LogP contribution in [0.2, 0.25) is 0 Å². The van der Waals surface area contributed by atoms with Gasteiger partial charge in [0, 0.05) is 12.5 Å². The molecule has 1 aliphatic rings. The van der Waals surface area contributed by atoms with Gasteiger partial charge in [0.25, 0.3) is 0 Å². The maximum atomic E-state index is 13.0. The van der Waals surface area contributed by atoms with Gasteiger partial charge in [-0.25, -0.2) is 4.39 Å². The Bertz CT molecular complexity index is 988. The van der Waals surface area contributed by atoms with Crippen LogP contribution in [-0.2, 0) is 11.2 Å². The van der Waals surface area contributed by atoms with Crippen molar-refractivity contribution in [2.75, 3.05) is 19.6 Å². The van der Waals surface area contributed by atoms with Crippen molar-refractivity contribution < 1.29 is 9.18 Å². The van der Waals surface area contributed by atoms with Crippen molar-refractivity contribution in [2.45, 2.75) is 32.2 Å². The molecule has 3 nitrogen and oxygen atoms in total. The van der Waals surface area contributed by atoms with Crippen LogP contribution in [0.4, 0.5) is 4.39 Å². The molecule has 1 saturated heterocycles. The molecule has 0 spiro atoms. The van der Waals surface area contributed by atoms with Crippen molar-refractivity contribution in [3.63, 3.8) is 0 Å². The molecule has 1 atom stereocenters. The summed E-state index contributed by atoms with van der Waals surface area (Å²) in [4.78, 5) is 15.3. The Hall–Kier alpha value is -2.72. The van der Waals surface area contributed by atoms with Crippen molar-refractivity contribution in [1.29, 1.82) is 0 Å². The summed E-state index contributed by atoms with van der Waals surface area (Å²) >= 11 is 0. The van der Waals surface area contributed by atoms with Crippen molar-refractivity contribution in [3.05, 3.63) is 83.7 Å². The van der Waals surface area contributed by atoms with Crippen LogP contribution in [-0.4, -0.2) is 30.4 Å². The molecule has 1 fully saturated rings. The fourth-order valence-electron chi connectivity index (χ4n) is 4.39. The standard InChI is InChI=1S/C26H29FN2O/c1-19(24-8-4-6-21-5-2-3-7-25(21)24)28-26(30)22-14-17-29(18-15-22)16-13-20-9-11-23(27)12-10-20/h2-12,19,22H,13-18H2,1H3,(H,28,30). The van der Waals surface area contributed by atoms with Crippen LogP contribution in [0.25, 0.3) is 10.8 Å². The summed E-state index contributed by atoms with van der Waals surface area (Å²) in [6.45, 7) is 4.88. The third-order valence-corrected chi connectivity index (χ3v) is 6.24. The molecule has 1 aliphatic heterocycles. The van der Waals surface area contributed by atoms with Crippen LogP contribution in [0, 0.1) is 11.7 Å². The van der Waals surface area contributed by atoms with Gasteiger partial charge in [0.2, 0.25) is 5.91 Å². The molecule has 3 aromatic carbocycles. The first-order valence-electron chi connectivity index (χ1n) is 10.8. The lowest BCUT2D eigenvalue weighted by atomic mass is 9.94. The number of benzene rings is 3. The zero-order valence-electron chi connectivity index (χ0n) is 17.5. The monoisotopic (exact) mass is 404 g/mol. The van der Waals surface area contributed by atoms with E-state index in [2.05, 4.69) is 47.5 Å². The molecule has 1 N–H and O–H groups in total. The van der Waals surface area contributed by atoms with Crippen LogP contribution in [0.1, 0.15) is 36.9 Å². The second-order valence-corrected chi connectivity index (χ2v) is 8.29. The summed E-state index contributed by atoms with van der Waals surface area (Å²) in [6, 6.07) is 21.3. The first-order chi connectivity index (χ1) is 14.6. The number of halogens is 1. The third-order valence-electron chi connectivity index (χ3n) is 6.24. The molecule has 3 aromatic rings. The van der Waals surface area contributed by atoms with Crippen molar-refractivity contribution in [1.82, 2.24) is 10.2 Å². The molecule has 4 rings (SSSR count). The number of hydrogen-bond acceptors (Lipinski definition) is 2. The highest BCUT2D eigenvalue weighted by Gasteiger charge is 2.26. The molecule has 0 aliphatic carbocycles. The molecule has 4 heteroatoms. The van der Waals surface area contributed by atoms with Crippen molar-refractivity contribution in [3.8, 4) is 0 Å². The SMILES string of the molecule is CC(NC(=O)C1CCN(CCc2ccc(F)cc2)CC1)c1cccc2ccccc12. The quantitative estimate of drug-likeness (QED) is 0.619. The fourth-order valence-corrected chi connectivity index (χ4v) is 4.39. The second-order valence-electron chi connectivity index (χ2n) is 8.29. The van der Waals surface area contributed by atoms with Gasteiger partial charge < -0.3 is 10.2 Å². The molecule has 156 valence electrons. The number of fused-ring (bicyclic) bond motifs is 1. The minimum absolute atomic E-state index is 0.0138. The lowest BCUT2D eigenvalue weighted by molar-refractivity contribution is -0.127. The fraction of sp³-hybridized carbons (Fsp3) is 0.346. The van der Waals surface area contributed by atoms with E-state index in [-0.39, 0.29) is 23.7 Å². The van der Waals surface area contributed by atoms with E-state index in [4.69, 9.17) is 0 Å². The summed E-state index contributed by atoms with van der Waals surface area (Å²) < 4.78 is 13.0. The third kappa shape index (κ3) is 4.88. The van der Waals surface area contributed by atoms with E-state index in [0.717, 1.165) is 50.0 Å². The average Bonchev–Trinajstić information content (AvgIpc) is 2.78. The van der Waals surface area contributed by atoms with E-state index in [0.29, 0.717) is 0 Å². The highest BCUT2D eigenvalue weighted by molar-refractivity contribution is 5.87. The first kappa shape index (κ1) is 20.5. The van der Waals surface area contributed by atoms with Gasteiger partial charge in [0.05, 0.1) is 6.04 Å². The minimum Gasteiger partial charge on any atom is -0.349 e. The molecule has 1 unspecified atom stereocenters. The molecule has 1 heterocycles. The number of rotatable bonds is 6. The molecule has 1 amide bonds. The smallest absolute Gasteiger partial charge is 0.223 e. The van der Waals surface area contributed by atoms with Crippen molar-refractivity contribution in [2.24, 2.45) is 5.92 Å². The molecule has 0 radical (unpaired) electrons. The number of hydrogen-bond donors (Lipinski definition) is 1. The Balaban J connectivity index is 1.28. The normalized spacial score (nSPS) is 16.5. The van der Waals surface area contributed by atoms with Gasteiger partial charge in [-0.3, -0.25) is 4.79 Å². The van der Waals surface area contributed by atoms with Gasteiger partial charge in [0.15, 0.2) is 0 Å². The number of likely N-dealkylation sites (tertiary alicyclic amines) is 1. The van der Waals surface area contributed by atoms with Gasteiger partial charge >= 0.3 is 0 Å². The Kier molecular flexibility index (Phi) is 6.44. The van der Waals surface area contributed by atoms with E-state index < -0.39 is 0 Å². The Labute approximate surface area is 177 Å². The van der Waals surface area contributed by atoms with Crippen LogP contribution in [0.3, 0.4) is 0 Å². The van der Waals surface area contributed by atoms with E-state index in [9.17, 15) is 9.18 Å². The molecule has 0 saturated carbocycles. The highest BCUT2D eigenvalue weighted by Crippen LogP contribution is 2.25. The van der Waals surface area contributed by atoms with Crippen LogP contribution >= 0.6 is 0 Å². The second kappa shape index (κ2) is 9.40. The van der Waals surface area contributed by atoms with Gasteiger partial charge in [-0.1, -0.05) is 54.6 Å². The molecule has 0 aromatic heterocycles. The van der Waals surface area contributed by atoms with Crippen LogP contribution in [0.15, 0.2) is 66.7 Å². The lowest BCUT2D eigenvalue weighted by Crippen LogP contribution is -2.41. The highest BCUT2D eigenvalue weighted by atomic mass is 19.1. The van der Waals surface area contributed by atoms with Gasteiger partial charge in [-0.2, -0.15) is 0 Å². The van der Waals surface area contributed by atoms with Gasteiger partial charge in [-0.05, 0) is 73.3 Å². The number of amides is 1. The molecule has 0 bridgehead atoms. The summed E-state index contributed by atoms with van der Waals surface area (Å²) in [6.07, 6.45) is 2.68. The lowest BCUT2D eigenvalue weighted by Gasteiger charge is -2.32. The Morgan fingerprint density at radius 1 is 1.03 bits per heavy atom. The van der Waals surface area contributed by atoms with E-state index in [1.807, 2.05) is 24.3 Å². The summed E-state index contributed by atoms with van der Waals surface area (Å²) in [5, 5.41) is 5.64.